The molecule has 3 heteroatoms. The molecule has 0 bridgehead atoms. The molecule has 10 atom stereocenters. The van der Waals surface area contributed by atoms with E-state index in [0.29, 0.717) is 29.3 Å². The van der Waals surface area contributed by atoms with Crippen LogP contribution in [-0.2, 0) is 9.53 Å². The summed E-state index contributed by atoms with van der Waals surface area (Å²) in [6, 6.07) is 0. The Morgan fingerprint density at radius 1 is 0.853 bits per heavy atom. The zero-order chi connectivity index (χ0) is 24.9. The molecule has 0 aromatic heterocycles. The van der Waals surface area contributed by atoms with Crippen molar-refractivity contribution in [1.82, 2.24) is 0 Å². The lowest BCUT2D eigenvalue weighted by molar-refractivity contribution is -0.249. The van der Waals surface area contributed by atoms with E-state index in [1.54, 1.807) is 0 Å². The molecule has 192 valence electrons. The zero-order valence-electron chi connectivity index (χ0n) is 23.0. The first kappa shape index (κ1) is 24.8. The summed E-state index contributed by atoms with van der Waals surface area (Å²) < 4.78 is 6.02. The van der Waals surface area contributed by atoms with E-state index < -0.39 is 11.4 Å². The van der Waals surface area contributed by atoms with Crippen LogP contribution in [0.25, 0.3) is 0 Å². The van der Waals surface area contributed by atoms with E-state index in [1.807, 2.05) is 7.11 Å². The van der Waals surface area contributed by atoms with Gasteiger partial charge in [-0.3, -0.25) is 4.79 Å². The fourth-order valence-electron chi connectivity index (χ4n) is 11.9. The van der Waals surface area contributed by atoms with Gasteiger partial charge < -0.3 is 9.84 Å². The van der Waals surface area contributed by atoms with Gasteiger partial charge in [0.2, 0.25) is 0 Å². The SMILES string of the molecule is C=C(C)C1CCC2(C(=O)O)CC[C@]3(C)C(CCC4[C@@]5(C)CCC(OC)C(C)(C)C5CC[C@]43C)C12. The summed E-state index contributed by atoms with van der Waals surface area (Å²) in [5, 5.41) is 10.5. The van der Waals surface area contributed by atoms with Crippen molar-refractivity contribution < 1.29 is 14.6 Å². The van der Waals surface area contributed by atoms with E-state index in [0.717, 1.165) is 31.6 Å². The smallest absolute Gasteiger partial charge is 0.309 e. The molecule has 0 aliphatic heterocycles. The van der Waals surface area contributed by atoms with Gasteiger partial charge in [-0.15, -0.1) is 0 Å². The Hall–Kier alpha value is -0.830. The number of carboxylic acids is 1. The van der Waals surface area contributed by atoms with Crippen LogP contribution < -0.4 is 0 Å². The van der Waals surface area contributed by atoms with Crippen LogP contribution in [0.15, 0.2) is 12.2 Å². The Kier molecular flexibility index (Phi) is 5.55. The molecule has 34 heavy (non-hydrogen) atoms. The average Bonchev–Trinajstić information content (AvgIpc) is 3.15. The molecule has 0 saturated heterocycles. The maximum absolute atomic E-state index is 12.8. The van der Waals surface area contributed by atoms with E-state index in [9.17, 15) is 9.90 Å². The van der Waals surface area contributed by atoms with E-state index in [-0.39, 0.29) is 22.2 Å². The summed E-state index contributed by atoms with van der Waals surface area (Å²) in [6.07, 6.45) is 11.7. The fourth-order valence-corrected chi connectivity index (χ4v) is 11.9. The minimum Gasteiger partial charge on any atom is -0.481 e. The van der Waals surface area contributed by atoms with Crippen molar-refractivity contribution in [1.29, 1.82) is 0 Å². The van der Waals surface area contributed by atoms with Crippen molar-refractivity contribution in [2.24, 2.45) is 56.7 Å². The van der Waals surface area contributed by atoms with Gasteiger partial charge in [-0.05, 0) is 122 Å². The van der Waals surface area contributed by atoms with Crippen molar-refractivity contribution in [2.45, 2.75) is 112 Å². The lowest BCUT2D eigenvalue weighted by atomic mass is 9.32. The van der Waals surface area contributed by atoms with Crippen LogP contribution >= 0.6 is 0 Å². The van der Waals surface area contributed by atoms with Crippen LogP contribution in [0, 0.1) is 56.7 Å². The van der Waals surface area contributed by atoms with Crippen LogP contribution in [0.4, 0.5) is 0 Å². The molecule has 3 nitrogen and oxygen atoms in total. The number of aliphatic carboxylic acids is 1. The van der Waals surface area contributed by atoms with Gasteiger partial charge in [-0.1, -0.05) is 46.8 Å². The summed E-state index contributed by atoms with van der Waals surface area (Å²) in [4.78, 5) is 12.8. The molecule has 0 amide bonds. The topological polar surface area (TPSA) is 46.5 Å². The summed E-state index contributed by atoms with van der Waals surface area (Å²) in [7, 11) is 1.91. The number of carbonyl (C=O) groups is 1. The predicted molar refractivity (Wildman–Crippen MR) is 137 cm³/mol. The lowest BCUT2D eigenvalue weighted by Crippen LogP contribution is -2.67. The van der Waals surface area contributed by atoms with Crippen LogP contribution in [0.2, 0.25) is 0 Å². The summed E-state index contributed by atoms with van der Waals surface area (Å²) in [5.74, 6) is 2.05. The van der Waals surface area contributed by atoms with E-state index >= 15 is 0 Å². The Morgan fingerprint density at radius 3 is 2.18 bits per heavy atom. The Labute approximate surface area is 208 Å². The normalized spacial score (nSPS) is 53.7. The minimum absolute atomic E-state index is 0.211. The van der Waals surface area contributed by atoms with E-state index in [1.165, 1.54) is 44.1 Å². The third kappa shape index (κ3) is 2.83. The highest BCUT2D eigenvalue weighted by Gasteiger charge is 2.72. The quantitative estimate of drug-likeness (QED) is 0.429. The molecular weight excluding hydrogens is 420 g/mol. The third-order valence-corrected chi connectivity index (χ3v) is 13.7. The van der Waals surface area contributed by atoms with Crippen molar-refractivity contribution >= 4 is 5.97 Å². The minimum atomic E-state index is -0.522. The first-order valence-corrected chi connectivity index (χ1v) is 14.2. The molecular formula is C31H50O3. The molecule has 5 rings (SSSR count). The molecule has 0 aromatic rings. The number of fused-ring (bicyclic) bond motifs is 7. The number of methoxy groups -OCH3 is 1. The highest BCUT2D eigenvalue weighted by atomic mass is 16.5. The Morgan fingerprint density at radius 2 is 1.56 bits per heavy atom. The van der Waals surface area contributed by atoms with Crippen LogP contribution in [0.1, 0.15) is 106 Å². The van der Waals surface area contributed by atoms with Crippen LogP contribution in [0.3, 0.4) is 0 Å². The number of ether oxygens (including phenoxy) is 1. The van der Waals surface area contributed by atoms with Gasteiger partial charge in [0.05, 0.1) is 11.5 Å². The molecule has 5 fully saturated rings. The number of rotatable bonds is 3. The van der Waals surface area contributed by atoms with Crippen molar-refractivity contribution in [3.63, 3.8) is 0 Å². The van der Waals surface area contributed by atoms with Gasteiger partial charge >= 0.3 is 5.97 Å². The van der Waals surface area contributed by atoms with Crippen LogP contribution in [-0.4, -0.2) is 24.3 Å². The van der Waals surface area contributed by atoms with Gasteiger partial charge in [0.15, 0.2) is 0 Å². The molecule has 7 unspecified atom stereocenters. The monoisotopic (exact) mass is 470 g/mol. The standard InChI is InChI=1S/C31H50O3/c1-19(2)20-11-16-31(26(32)33)18-17-29(6)21(25(20)31)9-10-23-28(5)14-13-24(34-8)27(3,4)22(28)12-15-30(23,29)7/h20-25H,1,9-18H2,2-8H3,(H,32,33)/t20?,21?,22?,23?,24?,25?,28-,29+,30+,31?/m0/s1. The summed E-state index contributed by atoms with van der Waals surface area (Å²) in [6.45, 7) is 19.3. The second-order valence-corrected chi connectivity index (χ2v) is 14.7. The summed E-state index contributed by atoms with van der Waals surface area (Å²) >= 11 is 0. The first-order valence-electron chi connectivity index (χ1n) is 14.2. The molecule has 5 aliphatic carbocycles. The van der Waals surface area contributed by atoms with Gasteiger partial charge in [0.25, 0.3) is 0 Å². The maximum Gasteiger partial charge on any atom is 0.309 e. The van der Waals surface area contributed by atoms with Crippen molar-refractivity contribution in [2.75, 3.05) is 7.11 Å². The third-order valence-electron chi connectivity index (χ3n) is 13.7. The molecule has 5 saturated carbocycles. The lowest BCUT2D eigenvalue weighted by Gasteiger charge is -2.72. The average molecular weight is 471 g/mol. The Bertz CT molecular complexity index is 876. The van der Waals surface area contributed by atoms with Gasteiger partial charge in [-0.25, -0.2) is 0 Å². The van der Waals surface area contributed by atoms with Crippen molar-refractivity contribution in [3.8, 4) is 0 Å². The number of hydrogen-bond acceptors (Lipinski definition) is 2. The van der Waals surface area contributed by atoms with E-state index in [2.05, 4.69) is 48.1 Å². The first-order chi connectivity index (χ1) is 15.8. The van der Waals surface area contributed by atoms with Gasteiger partial charge in [0.1, 0.15) is 0 Å². The molecule has 0 aromatic carbocycles. The predicted octanol–water partition coefficient (Wildman–Crippen LogP) is 7.74. The Balaban J connectivity index is 1.55. The van der Waals surface area contributed by atoms with Crippen LogP contribution in [0.5, 0.6) is 0 Å². The van der Waals surface area contributed by atoms with Crippen molar-refractivity contribution in [3.05, 3.63) is 12.2 Å². The molecule has 5 aliphatic rings. The second-order valence-electron chi connectivity index (χ2n) is 14.7. The molecule has 0 spiro atoms. The molecule has 0 radical (unpaired) electrons. The second kappa shape index (κ2) is 7.59. The number of hydrogen-bond donors (Lipinski definition) is 1. The summed E-state index contributed by atoms with van der Waals surface area (Å²) in [5.41, 5.74) is 1.76. The largest absolute Gasteiger partial charge is 0.481 e. The molecule has 1 N–H and O–H groups in total. The van der Waals surface area contributed by atoms with Gasteiger partial charge in [0, 0.05) is 7.11 Å². The fraction of sp³-hybridized carbons (Fsp3) is 0.903. The van der Waals surface area contributed by atoms with Gasteiger partial charge in [-0.2, -0.15) is 0 Å². The highest BCUT2D eigenvalue weighted by molar-refractivity contribution is 5.76. The molecule has 0 heterocycles. The van der Waals surface area contributed by atoms with E-state index in [4.69, 9.17) is 4.74 Å². The zero-order valence-corrected chi connectivity index (χ0v) is 23.0. The maximum atomic E-state index is 12.8. The number of allylic oxidation sites excluding steroid dienone is 1. The highest BCUT2D eigenvalue weighted by Crippen LogP contribution is 2.77. The number of carboxylic acid groups (broad SMARTS) is 1.